The Morgan fingerprint density at radius 1 is 1.14 bits per heavy atom. The molecule has 2 rings (SSSR count). The van der Waals surface area contributed by atoms with Crippen molar-refractivity contribution in [3.05, 3.63) is 53.8 Å². The first kappa shape index (κ1) is 21.8. The van der Waals surface area contributed by atoms with Crippen LogP contribution in [0.2, 0.25) is 0 Å². The fraction of sp³-hybridized carbons (Fsp3) is 0.350. The molecule has 0 bridgehead atoms. The third-order valence-corrected chi connectivity index (χ3v) is 5.64. The summed E-state index contributed by atoms with van der Waals surface area (Å²) >= 11 is 0. The smallest absolute Gasteiger partial charge is 0.242 e. The van der Waals surface area contributed by atoms with E-state index in [1.807, 2.05) is 13.8 Å². The summed E-state index contributed by atoms with van der Waals surface area (Å²) in [5, 5.41) is 2.62. The normalized spacial score (nSPS) is 12.6. The number of sulfonamides is 1. The number of ether oxygens (including phenoxy) is 1. The minimum absolute atomic E-state index is 0.0248. The van der Waals surface area contributed by atoms with Gasteiger partial charge in [-0.3, -0.25) is 4.79 Å². The Balaban J connectivity index is 2.24. The molecule has 0 aliphatic rings. The van der Waals surface area contributed by atoms with E-state index in [1.54, 1.807) is 13.0 Å². The zero-order valence-corrected chi connectivity index (χ0v) is 17.1. The highest BCUT2D eigenvalue weighted by Crippen LogP contribution is 2.19. The largest absolute Gasteiger partial charge is 0.497 e. The number of benzene rings is 2. The van der Waals surface area contributed by atoms with E-state index in [9.17, 15) is 17.6 Å². The topological polar surface area (TPSA) is 84.5 Å². The summed E-state index contributed by atoms with van der Waals surface area (Å²) in [5.41, 5.74) is 0.985. The number of rotatable bonds is 8. The van der Waals surface area contributed by atoms with Crippen LogP contribution in [0.1, 0.15) is 25.8 Å². The molecule has 8 heteroatoms. The SMILES string of the molecule is COc1ccc(S(=O)(=O)N[C@H](CC(C)C)C(=O)Nc2cc(F)ccc2C)cc1. The van der Waals surface area contributed by atoms with Gasteiger partial charge in [0.05, 0.1) is 12.0 Å². The van der Waals surface area contributed by atoms with Crippen molar-refractivity contribution in [2.75, 3.05) is 12.4 Å². The van der Waals surface area contributed by atoms with Crippen LogP contribution in [0.25, 0.3) is 0 Å². The van der Waals surface area contributed by atoms with Crippen LogP contribution in [0, 0.1) is 18.7 Å². The molecular formula is C20H25FN2O4S. The van der Waals surface area contributed by atoms with Crippen LogP contribution in [0.3, 0.4) is 0 Å². The first-order valence-electron chi connectivity index (χ1n) is 8.86. The van der Waals surface area contributed by atoms with Gasteiger partial charge in [0.25, 0.3) is 0 Å². The van der Waals surface area contributed by atoms with Crippen LogP contribution in [-0.2, 0) is 14.8 Å². The molecule has 0 aliphatic carbocycles. The number of aryl methyl sites for hydroxylation is 1. The molecule has 0 spiro atoms. The van der Waals surface area contributed by atoms with Gasteiger partial charge in [-0.1, -0.05) is 19.9 Å². The molecule has 2 N–H and O–H groups in total. The number of carbonyl (C=O) groups is 1. The van der Waals surface area contributed by atoms with Crippen molar-refractivity contribution in [1.82, 2.24) is 4.72 Å². The van der Waals surface area contributed by atoms with E-state index >= 15 is 0 Å². The van der Waals surface area contributed by atoms with Crippen molar-refractivity contribution in [2.45, 2.75) is 38.1 Å². The lowest BCUT2D eigenvalue weighted by Crippen LogP contribution is -2.44. The Morgan fingerprint density at radius 3 is 2.36 bits per heavy atom. The number of carbonyl (C=O) groups excluding carboxylic acids is 1. The van der Waals surface area contributed by atoms with Gasteiger partial charge in [-0.05, 0) is 61.2 Å². The minimum Gasteiger partial charge on any atom is -0.497 e. The van der Waals surface area contributed by atoms with Crippen molar-refractivity contribution in [2.24, 2.45) is 5.92 Å². The maximum absolute atomic E-state index is 13.5. The van der Waals surface area contributed by atoms with Crippen LogP contribution >= 0.6 is 0 Å². The van der Waals surface area contributed by atoms with Crippen molar-refractivity contribution in [3.63, 3.8) is 0 Å². The van der Waals surface area contributed by atoms with Crippen molar-refractivity contribution in [3.8, 4) is 5.75 Å². The number of hydrogen-bond acceptors (Lipinski definition) is 4. The van der Waals surface area contributed by atoms with Gasteiger partial charge in [0.15, 0.2) is 0 Å². The standard InChI is InChI=1S/C20H25FN2O4S/c1-13(2)11-19(20(24)22-18-12-15(21)6-5-14(18)3)23-28(25,26)17-9-7-16(27-4)8-10-17/h5-10,12-13,19,23H,11H2,1-4H3,(H,22,24)/t19-/m1/s1. The van der Waals surface area contributed by atoms with E-state index in [1.165, 1.54) is 43.5 Å². The molecule has 2 aromatic rings. The molecule has 0 heterocycles. The number of hydrogen-bond donors (Lipinski definition) is 2. The molecule has 0 radical (unpaired) electrons. The first-order valence-corrected chi connectivity index (χ1v) is 10.3. The quantitative estimate of drug-likeness (QED) is 0.700. The average Bonchev–Trinajstić information content (AvgIpc) is 2.63. The molecule has 152 valence electrons. The summed E-state index contributed by atoms with van der Waals surface area (Å²) in [6.07, 6.45) is 0.287. The van der Waals surface area contributed by atoms with Gasteiger partial charge >= 0.3 is 0 Å². The maximum atomic E-state index is 13.5. The summed E-state index contributed by atoms with van der Waals surface area (Å²) in [6, 6.07) is 8.91. The first-order chi connectivity index (χ1) is 13.1. The lowest BCUT2D eigenvalue weighted by molar-refractivity contribution is -0.118. The van der Waals surface area contributed by atoms with Gasteiger partial charge in [0, 0.05) is 5.69 Å². The van der Waals surface area contributed by atoms with Gasteiger partial charge in [-0.2, -0.15) is 4.72 Å². The Morgan fingerprint density at radius 2 is 1.79 bits per heavy atom. The number of amides is 1. The molecule has 1 atom stereocenters. The van der Waals surface area contributed by atoms with E-state index < -0.39 is 27.8 Å². The fourth-order valence-corrected chi connectivity index (χ4v) is 3.85. The molecule has 0 aliphatic heterocycles. The van der Waals surface area contributed by atoms with Crippen molar-refractivity contribution >= 4 is 21.6 Å². The van der Waals surface area contributed by atoms with E-state index in [-0.39, 0.29) is 17.2 Å². The number of anilines is 1. The van der Waals surface area contributed by atoms with Crippen LogP contribution < -0.4 is 14.8 Å². The van der Waals surface area contributed by atoms with E-state index in [0.717, 1.165) is 0 Å². The van der Waals surface area contributed by atoms with Crippen LogP contribution in [0.5, 0.6) is 5.75 Å². The van der Waals surface area contributed by atoms with E-state index in [4.69, 9.17) is 4.74 Å². The van der Waals surface area contributed by atoms with Crippen molar-refractivity contribution in [1.29, 1.82) is 0 Å². The lowest BCUT2D eigenvalue weighted by atomic mass is 10.0. The highest BCUT2D eigenvalue weighted by Gasteiger charge is 2.27. The van der Waals surface area contributed by atoms with E-state index in [0.29, 0.717) is 17.0 Å². The minimum atomic E-state index is -3.93. The molecule has 1 amide bonds. The second-order valence-corrected chi connectivity index (χ2v) is 8.64. The Kier molecular flexibility index (Phi) is 7.15. The Bertz CT molecular complexity index is 928. The molecule has 6 nitrogen and oxygen atoms in total. The summed E-state index contributed by atoms with van der Waals surface area (Å²) in [6.45, 7) is 5.50. The third-order valence-electron chi connectivity index (χ3n) is 4.15. The second-order valence-electron chi connectivity index (χ2n) is 6.93. The third kappa shape index (κ3) is 5.77. The fourth-order valence-electron chi connectivity index (χ4n) is 2.64. The predicted molar refractivity (Wildman–Crippen MR) is 106 cm³/mol. The summed E-state index contributed by atoms with van der Waals surface area (Å²) < 4.78 is 46.4. The average molecular weight is 408 g/mol. The Hall–Kier alpha value is -2.45. The molecule has 0 aromatic heterocycles. The molecule has 2 aromatic carbocycles. The van der Waals surface area contributed by atoms with Gasteiger partial charge in [0.1, 0.15) is 17.6 Å². The highest BCUT2D eigenvalue weighted by atomic mass is 32.2. The van der Waals surface area contributed by atoms with Gasteiger partial charge < -0.3 is 10.1 Å². The lowest BCUT2D eigenvalue weighted by Gasteiger charge is -2.21. The number of nitrogens with one attached hydrogen (secondary N) is 2. The molecule has 0 saturated carbocycles. The molecular weight excluding hydrogens is 383 g/mol. The number of halogens is 1. The van der Waals surface area contributed by atoms with E-state index in [2.05, 4.69) is 10.0 Å². The van der Waals surface area contributed by atoms with Gasteiger partial charge in [-0.15, -0.1) is 0 Å². The molecule has 0 unspecified atom stereocenters. The summed E-state index contributed by atoms with van der Waals surface area (Å²) in [5.74, 6) is -0.445. The Labute approximate surface area is 165 Å². The number of methoxy groups -OCH3 is 1. The summed E-state index contributed by atoms with van der Waals surface area (Å²) in [7, 11) is -2.44. The monoisotopic (exact) mass is 408 g/mol. The molecule has 28 heavy (non-hydrogen) atoms. The molecule has 0 saturated heterocycles. The summed E-state index contributed by atoms with van der Waals surface area (Å²) in [4.78, 5) is 12.8. The zero-order valence-electron chi connectivity index (χ0n) is 16.3. The highest BCUT2D eigenvalue weighted by molar-refractivity contribution is 7.89. The predicted octanol–water partition coefficient (Wildman–Crippen LogP) is 3.47. The second kappa shape index (κ2) is 9.16. The van der Waals surface area contributed by atoms with Crippen LogP contribution in [0.4, 0.5) is 10.1 Å². The van der Waals surface area contributed by atoms with Gasteiger partial charge in [0.2, 0.25) is 15.9 Å². The zero-order chi connectivity index (χ0) is 20.9. The van der Waals surface area contributed by atoms with Crippen LogP contribution in [0.15, 0.2) is 47.4 Å². The maximum Gasteiger partial charge on any atom is 0.242 e. The molecule has 0 fully saturated rings. The van der Waals surface area contributed by atoms with Crippen molar-refractivity contribution < 1.29 is 22.3 Å². The van der Waals surface area contributed by atoms with Crippen LogP contribution in [-0.4, -0.2) is 27.5 Å². The van der Waals surface area contributed by atoms with Gasteiger partial charge in [-0.25, -0.2) is 12.8 Å².